The Morgan fingerprint density at radius 3 is 1.90 bits per heavy atom. The predicted molar refractivity (Wildman–Crippen MR) is 43.6 cm³/mol. The minimum absolute atomic E-state index is 0. The normalized spacial score (nSPS) is 13.4. The van der Waals surface area contributed by atoms with E-state index in [9.17, 15) is 0 Å². The third-order valence-electron chi connectivity index (χ3n) is 1.36. The molecule has 1 rings (SSSR count). The number of rotatable bonds is 0. The van der Waals surface area contributed by atoms with Crippen molar-refractivity contribution in [2.45, 2.75) is 20.3 Å². The van der Waals surface area contributed by atoms with Gasteiger partial charge in [0.15, 0.2) is 0 Å². The molecular weight excluding hydrogens is 287 g/mol. The summed E-state index contributed by atoms with van der Waals surface area (Å²) >= 11 is 0. The van der Waals surface area contributed by atoms with Gasteiger partial charge in [0.1, 0.15) is 0 Å². The first-order valence-electron chi connectivity index (χ1n) is 2.53. The van der Waals surface area contributed by atoms with Crippen LogP contribution in [0.15, 0.2) is 17.2 Å². The molecule has 0 aromatic rings. The maximum Gasteiger partial charge on any atom is 0 e. The van der Waals surface area contributed by atoms with Crippen molar-refractivity contribution in [2.75, 3.05) is 0 Å². The van der Waals surface area contributed by atoms with Gasteiger partial charge in [-0.2, -0.15) is 5.57 Å². The molecule has 0 spiro atoms. The van der Waals surface area contributed by atoms with Crippen molar-refractivity contribution in [1.29, 1.82) is 0 Å². The molecule has 0 atom stereocenters. The third-order valence-corrected chi connectivity index (χ3v) is 1.36. The van der Waals surface area contributed by atoms with E-state index in [0.717, 1.165) is 6.42 Å². The SMILES string of the molecule is CC1=C(C)C[C-]=C1.[CH3-].[CH3-].[Hf]. The fraction of sp³-hybridized carbons (Fsp3) is 0.333. The minimum atomic E-state index is 0. The van der Waals surface area contributed by atoms with E-state index in [2.05, 4.69) is 26.0 Å². The van der Waals surface area contributed by atoms with Crippen molar-refractivity contribution in [2.24, 2.45) is 0 Å². The van der Waals surface area contributed by atoms with E-state index in [1.54, 1.807) is 0 Å². The Hall–Kier alpha value is 0.350. The largest absolute Gasteiger partial charge is 0.358 e. The van der Waals surface area contributed by atoms with Crippen molar-refractivity contribution in [3.8, 4) is 0 Å². The first-order valence-corrected chi connectivity index (χ1v) is 2.53. The second-order valence-corrected chi connectivity index (χ2v) is 1.99. The number of hydrogen-bond donors (Lipinski definition) is 0. The van der Waals surface area contributed by atoms with E-state index in [4.69, 9.17) is 0 Å². The Morgan fingerprint density at radius 2 is 1.80 bits per heavy atom. The molecule has 1 aliphatic carbocycles. The molecular formula is C9H15Hf-3. The maximum absolute atomic E-state index is 3.12. The Kier molecular flexibility index (Phi) is 12.5. The van der Waals surface area contributed by atoms with Crippen LogP contribution in [0.25, 0.3) is 0 Å². The summed E-state index contributed by atoms with van der Waals surface area (Å²) in [5.41, 5.74) is 2.85. The van der Waals surface area contributed by atoms with E-state index in [1.807, 2.05) is 0 Å². The zero-order valence-electron chi connectivity index (χ0n) is 7.28. The minimum Gasteiger partial charge on any atom is -0.358 e. The number of hydrogen-bond acceptors (Lipinski definition) is 0. The van der Waals surface area contributed by atoms with Crippen LogP contribution in [-0.2, 0) is 25.8 Å². The van der Waals surface area contributed by atoms with Gasteiger partial charge < -0.3 is 14.9 Å². The van der Waals surface area contributed by atoms with Crippen LogP contribution < -0.4 is 0 Å². The molecule has 0 radical (unpaired) electrons. The third kappa shape index (κ3) is 4.21. The second-order valence-electron chi connectivity index (χ2n) is 1.99. The van der Waals surface area contributed by atoms with E-state index < -0.39 is 0 Å². The van der Waals surface area contributed by atoms with Gasteiger partial charge in [0.25, 0.3) is 0 Å². The monoisotopic (exact) mass is 303 g/mol. The van der Waals surface area contributed by atoms with Gasteiger partial charge in [0.05, 0.1) is 0 Å². The molecule has 0 fully saturated rings. The summed E-state index contributed by atoms with van der Waals surface area (Å²) in [5, 5.41) is 0. The fourth-order valence-corrected chi connectivity index (χ4v) is 0.620. The van der Waals surface area contributed by atoms with Gasteiger partial charge in [-0.25, -0.2) is 11.6 Å². The van der Waals surface area contributed by atoms with E-state index in [-0.39, 0.29) is 40.7 Å². The molecule has 0 nitrogen and oxygen atoms in total. The van der Waals surface area contributed by atoms with E-state index >= 15 is 0 Å². The van der Waals surface area contributed by atoms with Crippen molar-refractivity contribution in [3.05, 3.63) is 38.2 Å². The molecule has 0 unspecified atom stereocenters. The average Bonchev–Trinajstić information content (AvgIpc) is 1.91. The van der Waals surface area contributed by atoms with Crippen LogP contribution in [0.3, 0.4) is 0 Å². The van der Waals surface area contributed by atoms with Crippen LogP contribution in [0.2, 0.25) is 0 Å². The standard InChI is InChI=1S/C7H9.2CH3.Hf/c1-6-4-3-5-7(6)2;;;/h4H,5H2,1-2H3;2*1H3;/q3*-1;. The summed E-state index contributed by atoms with van der Waals surface area (Å²) < 4.78 is 0. The van der Waals surface area contributed by atoms with Gasteiger partial charge in [0, 0.05) is 25.8 Å². The molecule has 0 saturated carbocycles. The Labute approximate surface area is 84.2 Å². The van der Waals surface area contributed by atoms with Gasteiger partial charge in [-0.1, -0.05) is 6.92 Å². The molecule has 1 heteroatoms. The van der Waals surface area contributed by atoms with Crippen molar-refractivity contribution >= 4 is 0 Å². The van der Waals surface area contributed by atoms with Crippen LogP contribution in [0.5, 0.6) is 0 Å². The molecule has 10 heavy (non-hydrogen) atoms. The summed E-state index contributed by atoms with van der Waals surface area (Å²) in [5.74, 6) is 0. The molecule has 58 valence electrons. The van der Waals surface area contributed by atoms with Gasteiger partial charge >= 0.3 is 0 Å². The average molecular weight is 302 g/mol. The van der Waals surface area contributed by atoms with Crippen LogP contribution in [-0.4, -0.2) is 0 Å². The Bertz CT molecular complexity index is 132. The maximum atomic E-state index is 3.12. The second kappa shape index (κ2) is 7.46. The fourth-order valence-electron chi connectivity index (χ4n) is 0.620. The summed E-state index contributed by atoms with van der Waals surface area (Å²) in [6, 6.07) is 0. The summed E-state index contributed by atoms with van der Waals surface area (Å²) in [4.78, 5) is 0. The molecule has 0 saturated heterocycles. The first kappa shape index (κ1) is 16.7. The van der Waals surface area contributed by atoms with E-state index in [1.165, 1.54) is 11.1 Å². The first-order chi connectivity index (χ1) is 3.30. The van der Waals surface area contributed by atoms with Crippen LogP contribution in [0, 0.1) is 20.9 Å². The smallest absolute Gasteiger partial charge is 0 e. The van der Waals surface area contributed by atoms with Crippen LogP contribution in [0.1, 0.15) is 20.3 Å². The van der Waals surface area contributed by atoms with Gasteiger partial charge in [-0.15, -0.1) is 13.3 Å². The van der Waals surface area contributed by atoms with Crippen molar-refractivity contribution in [3.63, 3.8) is 0 Å². The van der Waals surface area contributed by atoms with Gasteiger partial charge in [0.2, 0.25) is 0 Å². The summed E-state index contributed by atoms with van der Waals surface area (Å²) in [6.07, 6.45) is 6.22. The molecule has 0 bridgehead atoms. The molecule has 1 aliphatic rings. The van der Waals surface area contributed by atoms with Crippen LogP contribution in [0.4, 0.5) is 0 Å². The molecule has 0 N–H and O–H groups in total. The molecule has 0 heterocycles. The van der Waals surface area contributed by atoms with Gasteiger partial charge in [-0.3, -0.25) is 6.08 Å². The molecule has 0 aromatic carbocycles. The van der Waals surface area contributed by atoms with Crippen LogP contribution >= 0.6 is 0 Å². The topological polar surface area (TPSA) is 0 Å². The van der Waals surface area contributed by atoms with E-state index in [0.29, 0.717) is 0 Å². The Balaban J connectivity index is -0.000000163. The molecule has 0 aliphatic heterocycles. The molecule has 0 amide bonds. The number of allylic oxidation sites excluding steroid dienone is 4. The van der Waals surface area contributed by atoms with Crippen molar-refractivity contribution < 1.29 is 25.8 Å². The summed E-state index contributed by atoms with van der Waals surface area (Å²) in [7, 11) is 0. The zero-order chi connectivity index (χ0) is 5.28. The molecule has 0 aromatic heterocycles. The van der Waals surface area contributed by atoms with Crippen molar-refractivity contribution in [1.82, 2.24) is 0 Å². The zero-order valence-corrected chi connectivity index (χ0v) is 10.9. The van der Waals surface area contributed by atoms with Gasteiger partial charge in [-0.05, 0) is 0 Å². The quantitative estimate of drug-likeness (QED) is 0.477. The predicted octanol–water partition coefficient (Wildman–Crippen LogP) is 2.98. The Morgan fingerprint density at radius 1 is 1.30 bits per heavy atom. The summed E-state index contributed by atoms with van der Waals surface area (Å²) in [6.45, 7) is 4.27.